The zero-order valence-corrected chi connectivity index (χ0v) is 15.6. The van der Waals surface area contributed by atoms with Gasteiger partial charge in [0.15, 0.2) is 5.16 Å². The summed E-state index contributed by atoms with van der Waals surface area (Å²) in [5, 5.41) is 15.8. The highest BCUT2D eigenvalue weighted by Crippen LogP contribution is 2.25. The van der Waals surface area contributed by atoms with E-state index in [-0.39, 0.29) is 30.7 Å². The third-order valence-electron chi connectivity index (χ3n) is 3.18. The molecule has 2 rings (SSSR count). The van der Waals surface area contributed by atoms with Crippen molar-refractivity contribution in [1.82, 2.24) is 14.9 Å². The van der Waals surface area contributed by atoms with E-state index < -0.39 is 0 Å². The standard InChI is InChI=1S/C15H16Cl2N4O3S/c1-18-13(23)6-21-10(7-22)5-19-15(21)25-8-14(24)20-9-2-3-11(16)12(17)4-9/h2-5,22H,6-8H2,1H3,(H,18,23)(H,20,24). The van der Waals surface area contributed by atoms with E-state index in [0.29, 0.717) is 26.6 Å². The monoisotopic (exact) mass is 402 g/mol. The zero-order valence-electron chi connectivity index (χ0n) is 13.3. The number of nitrogens with one attached hydrogen (secondary N) is 2. The van der Waals surface area contributed by atoms with Crippen molar-refractivity contribution in [2.45, 2.75) is 18.3 Å². The highest BCUT2D eigenvalue weighted by Gasteiger charge is 2.14. The van der Waals surface area contributed by atoms with Crippen LogP contribution in [0.15, 0.2) is 29.6 Å². The topological polar surface area (TPSA) is 96.2 Å². The first-order chi connectivity index (χ1) is 11.9. The second-order valence-electron chi connectivity index (χ2n) is 4.92. The van der Waals surface area contributed by atoms with Crippen molar-refractivity contribution in [3.63, 3.8) is 0 Å². The van der Waals surface area contributed by atoms with E-state index in [2.05, 4.69) is 15.6 Å². The van der Waals surface area contributed by atoms with E-state index in [1.165, 1.54) is 13.2 Å². The fraction of sp³-hybridized carbons (Fsp3) is 0.267. The van der Waals surface area contributed by atoms with Gasteiger partial charge in [-0.05, 0) is 18.2 Å². The fourth-order valence-electron chi connectivity index (χ4n) is 1.93. The molecule has 0 aliphatic heterocycles. The lowest BCUT2D eigenvalue weighted by Crippen LogP contribution is -2.25. The summed E-state index contributed by atoms with van der Waals surface area (Å²) < 4.78 is 1.57. The number of rotatable bonds is 7. The number of carbonyl (C=O) groups is 2. The quantitative estimate of drug-likeness (QED) is 0.616. The molecule has 3 N–H and O–H groups in total. The largest absolute Gasteiger partial charge is 0.390 e. The van der Waals surface area contributed by atoms with Crippen molar-refractivity contribution in [2.75, 3.05) is 18.1 Å². The Kier molecular flexibility index (Phi) is 7.12. The van der Waals surface area contributed by atoms with Gasteiger partial charge in [0, 0.05) is 12.7 Å². The molecule has 0 bridgehead atoms. The summed E-state index contributed by atoms with van der Waals surface area (Å²) in [7, 11) is 1.52. The van der Waals surface area contributed by atoms with Gasteiger partial charge in [0.2, 0.25) is 11.8 Å². The number of aliphatic hydroxyl groups is 1. The molecule has 0 atom stereocenters. The molecule has 0 spiro atoms. The molecule has 0 unspecified atom stereocenters. The minimum atomic E-state index is -0.261. The zero-order chi connectivity index (χ0) is 18.4. The van der Waals surface area contributed by atoms with E-state index in [9.17, 15) is 14.7 Å². The van der Waals surface area contributed by atoms with Crippen molar-refractivity contribution in [3.8, 4) is 0 Å². The lowest BCUT2D eigenvalue weighted by atomic mass is 10.3. The molecular formula is C15H16Cl2N4O3S. The molecule has 0 fully saturated rings. The van der Waals surface area contributed by atoms with Crippen molar-refractivity contribution in [1.29, 1.82) is 0 Å². The number of aliphatic hydroxyl groups excluding tert-OH is 1. The van der Waals surface area contributed by atoms with Crippen LogP contribution >= 0.6 is 35.0 Å². The Morgan fingerprint density at radius 1 is 1.28 bits per heavy atom. The Bertz CT molecular complexity index is 782. The number of halogens is 2. The Morgan fingerprint density at radius 3 is 2.68 bits per heavy atom. The molecule has 1 aromatic heterocycles. The molecule has 1 heterocycles. The molecular weight excluding hydrogens is 387 g/mol. The van der Waals surface area contributed by atoms with Gasteiger partial charge >= 0.3 is 0 Å². The van der Waals surface area contributed by atoms with Gasteiger partial charge in [0.05, 0.1) is 34.3 Å². The molecule has 1 aromatic carbocycles. The summed E-state index contributed by atoms with van der Waals surface area (Å²) in [5.74, 6) is -0.409. The molecule has 0 saturated heterocycles. The third-order valence-corrected chi connectivity index (χ3v) is 4.91. The summed E-state index contributed by atoms with van der Waals surface area (Å²) in [6.45, 7) is -0.233. The average molecular weight is 403 g/mol. The van der Waals surface area contributed by atoms with E-state index in [0.717, 1.165) is 11.8 Å². The predicted molar refractivity (Wildman–Crippen MR) is 98.0 cm³/mol. The summed E-state index contributed by atoms with van der Waals surface area (Å²) in [4.78, 5) is 27.8. The van der Waals surface area contributed by atoms with Gasteiger partial charge < -0.3 is 20.3 Å². The van der Waals surface area contributed by atoms with Crippen LogP contribution in [0.1, 0.15) is 5.69 Å². The second-order valence-corrected chi connectivity index (χ2v) is 6.67. The molecule has 134 valence electrons. The Hall–Kier alpha value is -1.74. The molecule has 0 radical (unpaired) electrons. The molecule has 2 amide bonds. The SMILES string of the molecule is CNC(=O)Cn1c(CO)cnc1SCC(=O)Nc1ccc(Cl)c(Cl)c1. The van der Waals surface area contributed by atoms with Crippen LogP contribution in [0.3, 0.4) is 0 Å². The molecule has 25 heavy (non-hydrogen) atoms. The number of nitrogens with zero attached hydrogens (tertiary/aromatic N) is 2. The normalized spacial score (nSPS) is 10.6. The van der Waals surface area contributed by atoms with Crippen molar-refractivity contribution in [3.05, 3.63) is 40.1 Å². The van der Waals surface area contributed by atoms with Crippen LogP contribution in [0, 0.1) is 0 Å². The van der Waals surface area contributed by atoms with Crippen LogP contribution in [-0.2, 0) is 22.7 Å². The minimum Gasteiger partial charge on any atom is -0.390 e. The second kappa shape index (κ2) is 9.10. The number of aromatic nitrogens is 2. The Labute approximate surface area is 158 Å². The van der Waals surface area contributed by atoms with E-state index >= 15 is 0 Å². The summed E-state index contributed by atoms with van der Waals surface area (Å²) in [5.41, 5.74) is 1.03. The summed E-state index contributed by atoms with van der Waals surface area (Å²) >= 11 is 12.9. The Morgan fingerprint density at radius 2 is 2.04 bits per heavy atom. The van der Waals surface area contributed by atoms with Crippen molar-refractivity contribution >= 4 is 52.5 Å². The number of thioether (sulfide) groups is 1. The van der Waals surface area contributed by atoms with E-state index in [1.54, 1.807) is 22.8 Å². The molecule has 7 nitrogen and oxygen atoms in total. The summed E-state index contributed by atoms with van der Waals surface area (Å²) in [6.07, 6.45) is 1.47. The Balaban J connectivity index is 2.00. The first kappa shape index (κ1) is 19.6. The van der Waals surface area contributed by atoms with E-state index in [1.807, 2.05) is 0 Å². The number of amides is 2. The number of anilines is 1. The van der Waals surface area contributed by atoms with Gasteiger partial charge in [0.1, 0.15) is 6.54 Å². The smallest absolute Gasteiger partial charge is 0.239 e. The number of likely N-dealkylation sites (N-methyl/N-ethyl adjacent to an activating group) is 1. The highest BCUT2D eigenvalue weighted by molar-refractivity contribution is 7.99. The lowest BCUT2D eigenvalue weighted by molar-refractivity contribution is -0.121. The van der Waals surface area contributed by atoms with Gasteiger partial charge in [-0.3, -0.25) is 9.59 Å². The van der Waals surface area contributed by atoms with E-state index in [4.69, 9.17) is 23.2 Å². The van der Waals surface area contributed by atoms with Crippen LogP contribution < -0.4 is 10.6 Å². The van der Waals surface area contributed by atoms with Gasteiger partial charge in [-0.25, -0.2) is 4.98 Å². The fourth-order valence-corrected chi connectivity index (χ4v) is 3.02. The number of hydrogen-bond acceptors (Lipinski definition) is 5. The third kappa shape index (κ3) is 5.37. The van der Waals surface area contributed by atoms with Crippen molar-refractivity contribution in [2.24, 2.45) is 0 Å². The maximum Gasteiger partial charge on any atom is 0.239 e. The first-order valence-electron chi connectivity index (χ1n) is 7.18. The molecule has 2 aromatic rings. The highest BCUT2D eigenvalue weighted by atomic mass is 35.5. The maximum atomic E-state index is 12.1. The lowest BCUT2D eigenvalue weighted by Gasteiger charge is -2.10. The van der Waals surface area contributed by atoms with Gasteiger partial charge in [-0.15, -0.1) is 0 Å². The van der Waals surface area contributed by atoms with Crippen LogP contribution in [0.4, 0.5) is 5.69 Å². The van der Waals surface area contributed by atoms with Gasteiger partial charge in [-0.2, -0.15) is 0 Å². The first-order valence-corrected chi connectivity index (χ1v) is 8.92. The predicted octanol–water partition coefficient (Wildman–Crippen LogP) is 2.16. The van der Waals surface area contributed by atoms with Crippen molar-refractivity contribution < 1.29 is 14.7 Å². The number of hydrogen-bond donors (Lipinski definition) is 3. The minimum absolute atomic E-state index is 0.0170. The number of carbonyl (C=O) groups excluding carboxylic acids is 2. The van der Waals surface area contributed by atoms with Crippen LogP contribution in [0.2, 0.25) is 10.0 Å². The number of imidazole rings is 1. The van der Waals surface area contributed by atoms with Gasteiger partial charge in [-0.1, -0.05) is 35.0 Å². The molecule has 0 aliphatic rings. The molecule has 10 heteroatoms. The van der Waals surface area contributed by atoms with Crippen LogP contribution in [0.5, 0.6) is 0 Å². The van der Waals surface area contributed by atoms with Crippen LogP contribution in [0.25, 0.3) is 0 Å². The van der Waals surface area contributed by atoms with Gasteiger partial charge in [0.25, 0.3) is 0 Å². The molecule has 0 aliphatic carbocycles. The average Bonchev–Trinajstić information content (AvgIpc) is 2.98. The number of benzene rings is 1. The maximum absolute atomic E-state index is 12.1. The molecule has 0 saturated carbocycles. The summed E-state index contributed by atoms with van der Waals surface area (Å²) in [6, 6.07) is 4.80. The van der Waals surface area contributed by atoms with Crippen LogP contribution in [-0.4, -0.2) is 39.3 Å².